The maximum Gasteiger partial charge on any atom is 0.263 e. The van der Waals surface area contributed by atoms with Crippen LogP contribution in [-0.2, 0) is 21.4 Å². The van der Waals surface area contributed by atoms with Crippen molar-refractivity contribution in [2.45, 2.75) is 31.3 Å². The highest BCUT2D eigenvalue weighted by Crippen LogP contribution is 2.23. The molecule has 0 radical (unpaired) electrons. The number of amides is 1. The number of hydrogen-bond acceptors (Lipinski definition) is 4. The van der Waals surface area contributed by atoms with Crippen molar-refractivity contribution in [3.63, 3.8) is 0 Å². The summed E-state index contributed by atoms with van der Waals surface area (Å²) in [5.74, 6) is -0.107. The normalized spacial score (nSPS) is 17.6. The first-order valence-electron chi connectivity index (χ1n) is 8.40. The molecule has 0 aromatic heterocycles. The fraction of sp³-hybridized carbons (Fsp3) is 0.263. The molecule has 0 saturated heterocycles. The van der Waals surface area contributed by atoms with Gasteiger partial charge in [0.05, 0.1) is 4.90 Å². The number of carbonyl (C=O) groups excluding carboxylic acids is 1. The highest BCUT2D eigenvalue weighted by molar-refractivity contribution is 7.90. The van der Waals surface area contributed by atoms with Crippen LogP contribution in [0.25, 0.3) is 0 Å². The zero-order valence-corrected chi connectivity index (χ0v) is 15.5. The van der Waals surface area contributed by atoms with Crippen LogP contribution in [0, 0.1) is 5.92 Å². The third-order valence-electron chi connectivity index (χ3n) is 4.14. The van der Waals surface area contributed by atoms with E-state index in [1.165, 1.54) is 6.07 Å². The van der Waals surface area contributed by atoms with Gasteiger partial charge in [0.2, 0.25) is 5.91 Å². The van der Waals surface area contributed by atoms with Gasteiger partial charge in [-0.05, 0) is 23.6 Å². The Labute approximate surface area is 153 Å². The van der Waals surface area contributed by atoms with E-state index in [2.05, 4.69) is 15.0 Å². The van der Waals surface area contributed by atoms with Gasteiger partial charge in [-0.2, -0.15) is 0 Å². The molecule has 0 bridgehead atoms. The van der Waals surface area contributed by atoms with Gasteiger partial charge in [-0.25, -0.2) is 8.42 Å². The lowest BCUT2D eigenvalue weighted by Crippen LogP contribution is -2.38. The van der Waals surface area contributed by atoms with Crippen LogP contribution in [0.3, 0.4) is 0 Å². The fourth-order valence-corrected chi connectivity index (χ4v) is 4.01. The molecule has 0 aliphatic carbocycles. The number of sulfonamides is 1. The van der Waals surface area contributed by atoms with Gasteiger partial charge in [-0.1, -0.05) is 56.3 Å². The van der Waals surface area contributed by atoms with Crippen LogP contribution in [0.1, 0.15) is 25.0 Å². The zero-order chi connectivity index (χ0) is 18.7. The molecule has 2 aromatic rings. The molecule has 0 saturated carbocycles. The minimum atomic E-state index is -3.62. The monoisotopic (exact) mass is 371 g/mol. The van der Waals surface area contributed by atoms with Crippen LogP contribution < -0.4 is 10.0 Å². The number of nitrogens with one attached hydrogen (secondary N) is 2. The Hall–Kier alpha value is -2.67. The van der Waals surface area contributed by atoms with Gasteiger partial charge in [0, 0.05) is 12.1 Å². The summed E-state index contributed by atoms with van der Waals surface area (Å²) in [4.78, 5) is 17.2. The number of carbonyl (C=O) groups is 1. The fourth-order valence-electron chi connectivity index (χ4n) is 2.77. The molecule has 6 nitrogen and oxygen atoms in total. The largest absolute Gasteiger partial charge is 0.350 e. The molecule has 7 heteroatoms. The Morgan fingerprint density at radius 2 is 1.73 bits per heavy atom. The first-order chi connectivity index (χ1) is 12.4. The molecule has 2 aromatic carbocycles. The van der Waals surface area contributed by atoms with Crippen LogP contribution in [0.2, 0.25) is 0 Å². The van der Waals surface area contributed by atoms with Crippen LogP contribution in [0.5, 0.6) is 0 Å². The molecule has 26 heavy (non-hydrogen) atoms. The molecule has 136 valence electrons. The molecule has 0 spiro atoms. The predicted octanol–water partition coefficient (Wildman–Crippen LogP) is 2.07. The summed E-state index contributed by atoms with van der Waals surface area (Å²) >= 11 is 0. The molecule has 1 amide bonds. The lowest BCUT2D eigenvalue weighted by molar-refractivity contribution is -0.123. The van der Waals surface area contributed by atoms with E-state index in [0.29, 0.717) is 12.1 Å². The Morgan fingerprint density at radius 1 is 1.08 bits per heavy atom. The Morgan fingerprint density at radius 3 is 2.42 bits per heavy atom. The topological polar surface area (TPSA) is 87.6 Å². The van der Waals surface area contributed by atoms with Gasteiger partial charge < -0.3 is 5.32 Å². The molecular formula is C19H21N3O3S. The summed E-state index contributed by atoms with van der Waals surface area (Å²) < 4.78 is 26.9. The van der Waals surface area contributed by atoms with Crippen molar-refractivity contribution in [2.75, 3.05) is 0 Å². The molecular weight excluding hydrogens is 350 g/mol. The first-order valence-corrected chi connectivity index (χ1v) is 9.88. The van der Waals surface area contributed by atoms with Crippen molar-refractivity contribution in [3.8, 4) is 0 Å². The summed E-state index contributed by atoms with van der Waals surface area (Å²) in [7, 11) is -3.62. The molecule has 0 fully saturated rings. The van der Waals surface area contributed by atoms with Crippen LogP contribution in [-0.4, -0.2) is 26.2 Å². The Bertz CT molecular complexity index is 938. The SMILES string of the molecule is CC(C)C(N=C1NS(=O)(=O)c2ccccc21)C(=O)NCc1ccccc1. The van der Waals surface area contributed by atoms with Crippen molar-refractivity contribution >= 4 is 21.8 Å². The van der Waals surface area contributed by atoms with E-state index in [1.54, 1.807) is 18.2 Å². The smallest absolute Gasteiger partial charge is 0.263 e. The van der Waals surface area contributed by atoms with Crippen molar-refractivity contribution in [1.82, 2.24) is 10.0 Å². The van der Waals surface area contributed by atoms with Crippen molar-refractivity contribution in [2.24, 2.45) is 10.9 Å². The number of aliphatic imine (C=N–C) groups is 1. The third kappa shape index (κ3) is 3.77. The lowest BCUT2D eigenvalue weighted by Gasteiger charge is -2.17. The summed E-state index contributed by atoms with van der Waals surface area (Å²) in [6.45, 7) is 4.16. The highest BCUT2D eigenvalue weighted by atomic mass is 32.2. The van der Waals surface area contributed by atoms with E-state index in [0.717, 1.165) is 5.56 Å². The maximum absolute atomic E-state index is 12.6. The van der Waals surface area contributed by atoms with Gasteiger partial charge in [0.25, 0.3) is 10.0 Å². The minimum absolute atomic E-state index is 0.0875. The van der Waals surface area contributed by atoms with E-state index in [-0.39, 0.29) is 22.6 Å². The second-order valence-corrected chi connectivity index (χ2v) is 8.12. The first kappa shape index (κ1) is 18.1. The van der Waals surface area contributed by atoms with Crippen LogP contribution >= 0.6 is 0 Å². The van der Waals surface area contributed by atoms with E-state index < -0.39 is 16.1 Å². The number of amidine groups is 1. The van der Waals surface area contributed by atoms with Crippen molar-refractivity contribution in [1.29, 1.82) is 0 Å². The Kier molecular flexibility index (Phi) is 5.08. The number of nitrogens with zero attached hydrogens (tertiary/aromatic N) is 1. The summed E-state index contributed by atoms with van der Waals surface area (Å²) in [6.07, 6.45) is 0. The van der Waals surface area contributed by atoms with Crippen LogP contribution in [0.15, 0.2) is 64.5 Å². The zero-order valence-electron chi connectivity index (χ0n) is 14.6. The average Bonchev–Trinajstić information content (AvgIpc) is 2.89. The van der Waals surface area contributed by atoms with Gasteiger partial charge in [-0.15, -0.1) is 0 Å². The second-order valence-electron chi connectivity index (χ2n) is 6.47. The van der Waals surface area contributed by atoms with E-state index in [4.69, 9.17) is 0 Å². The highest BCUT2D eigenvalue weighted by Gasteiger charge is 2.32. The molecule has 1 unspecified atom stereocenters. The van der Waals surface area contributed by atoms with Crippen molar-refractivity contribution < 1.29 is 13.2 Å². The average molecular weight is 371 g/mol. The van der Waals surface area contributed by atoms with Gasteiger partial charge in [-0.3, -0.25) is 14.5 Å². The minimum Gasteiger partial charge on any atom is -0.350 e. The van der Waals surface area contributed by atoms with E-state index in [1.807, 2.05) is 44.2 Å². The molecule has 2 N–H and O–H groups in total. The number of fused-ring (bicyclic) bond motifs is 1. The standard InChI is InChI=1S/C19H21N3O3S/c1-13(2)17(19(23)20-12-14-8-4-3-5-9-14)21-18-15-10-6-7-11-16(15)26(24,25)22-18/h3-11,13,17H,12H2,1-2H3,(H,20,23)(H,21,22). The quantitative estimate of drug-likeness (QED) is 0.843. The molecule has 1 atom stereocenters. The van der Waals surface area contributed by atoms with Gasteiger partial charge >= 0.3 is 0 Å². The number of rotatable bonds is 5. The third-order valence-corrected chi connectivity index (χ3v) is 5.54. The van der Waals surface area contributed by atoms with Gasteiger partial charge in [0.1, 0.15) is 11.9 Å². The molecule has 1 heterocycles. The van der Waals surface area contributed by atoms with Crippen molar-refractivity contribution in [3.05, 3.63) is 65.7 Å². The molecule has 1 aliphatic rings. The summed E-state index contributed by atoms with van der Waals surface area (Å²) in [5.41, 5.74) is 1.48. The van der Waals surface area contributed by atoms with Gasteiger partial charge in [0.15, 0.2) is 0 Å². The van der Waals surface area contributed by atoms with E-state index in [9.17, 15) is 13.2 Å². The molecule has 3 rings (SSSR count). The maximum atomic E-state index is 12.6. The van der Waals surface area contributed by atoms with Crippen LogP contribution in [0.4, 0.5) is 0 Å². The number of benzene rings is 2. The second kappa shape index (κ2) is 7.29. The molecule has 1 aliphatic heterocycles. The lowest BCUT2D eigenvalue weighted by atomic mass is 10.0. The number of hydrogen-bond donors (Lipinski definition) is 2. The predicted molar refractivity (Wildman–Crippen MR) is 100 cm³/mol. The summed E-state index contributed by atoms with van der Waals surface area (Å²) in [6, 6.07) is 15.5. The van der Waals surface area contributed by atoms with E-state index >= 15 is 0 Å². The Balaban J connectivity index is 1.83. The summed E-state index contributed by atoms with van der Waals surface area (Å²) in [5, 5.41) is 2.88.